The van der Waals surface area contributed by atoms with Crippen molar-refractivity contribution in [2.45, 2.75) is 25.3 Å². The first-order valence-corrected chi connectivity index (χ1v) is 5.83. The van der Waals surface area contributed by atoms with E-state index < -0.39 is 0 Å². The molecule has 0 unspecified atom stereocenters. The van der Waals surface area contributed by atoms with Crippen LogP contribution in [0.3, 0.4) is 0 Å². The van der Waals surface area contributed by atoms with E-state index in [0.29, 0.717) is 12.5 Å². The second-order valence-electron chi connectivity index (χ2n) is 4.44. The zero-order valence-corrected chi connectivity index (χ0v) is 9.12. The highest BCUT2D eigenvalue weighted by atomic mass is 16.1. The quantitative estimate of drug-likeness (QED) is 0.731. The van der Waals surface area contributed by atoms with E-state index in [1.54, 1.807) is 0 Å². The molecule has 2 aliphatic rings. The number of piperidine rings is 1. The van der Waals surface area contributed by atoms with Gasteiger partial charge in [-0.25, -0.2) is 0 Å². The average molecular weight is 217 g/mol. The number of amides is 1. The van der Waals surface area contributed by atoms with E-state index in [-0.39, 0.29) is 5.91 Å². The topological polar surface area (TPSA) is 54.0 Å². The lowest BCUT2D eigenvalue weighted by atomic mass is 9.93. The molecule has 0 bridgehead atoms. The molecule has 1 fully saturated rings. The molecule has 1 aromatic rings. The zero-order chi connectivity index (χ0) is 11.0. The predicted octanol–water partition coefficient (Wildman–Crippen LogP) is 0.792. The Balaban J connectivity index is 1.89. The van der Waals surface area contributed by atoms with Gasteiger partial charge in [-0.05, 0) is 38.1 Å². The summed E-state index contributed by atoms with van der Waals surface area (Å²) in [5, 5.41) is 6.15. The van der Waals surface area contributed by atoms with Crippen LogP contribution < -0.4 is 10.6 Å². The van der Waals surface area contributed by atoms with Gasteiger partial charge >= 0.3 is 0 Å². The van der Waals surface area contributed by atoms with Crippen molar-refractivity contribution in [2.24, 2.45) is 0 Å². The third-order valence-corrected chi connectivity index (χ3v) is 3.41. The number of nitrogens with zero attached hydrogens (tertiary/aromatic N) is 1. The molecule has 4 heteroatoms. The van der Waals surface area contributed by atoms with Gasteiger partial charge in [0.1, 0.15) is 0 Å². The van der Waals surface area contributed by atoms with E-state index in [2.05, 4.69) is 15.6 Å². The number of rotatable bonds is 1. The van der Waals surface area contributed by atoms with Gasteiger partial charge in [0, 0.05) is 11.6 Å². The predicted molar refractivity (Wildman–Crippen MR) is 60.3 cm³/mol. The largest absolute Gasteiger partial charge is 0.346 e. The summed E-state index contributed by atoms with van der Waals surface area (Å²) in [7, 11) is 0. The van der Waals surface area contributed by atoms with E-state index in [1.807, 2.05) is 12.1 Å². The van der Waals surface area contributed by atoms with Crippen molar-refractivity contribution in [3.8, 4) is 0 Å². The monoisotopic (exact) mass is 217 g/mol. The zero-order valence-electron chi connectivity index (χ0n) is 9.12. The van der Waals surface area contributed by atoms with Crippen molar-refractivity contribution >= 4 is 5.91 Å². The molecule has 16 heavy (non-hydrogen) atoms. The maximum absolute atomic E-state index is 11.4. The molecule has 0 aliphatic carbocycles. The maximum Gasteiger partial charge on any atom is 0.253 e. The van der Waals surface area contributed by atoms with E-state index >= 15 is 0 Å². The molecule has 0 atom stereocenters. The van der Waals surface area contributed by atoms with Crippen molar-refractivity contribution in [1.82, 2.24) is 15.6 Å². The average Bonchev–Trinajstić information content (AvgIpc) is 2.72. The number of hydrogen-bond donors (Lipinski definition) is 2. The van der Waals surface area contributed by atoms with Crippen LogP contribution in [0.1, 0.15) is 40.5 Å². The first kappa shape index (κ1) is 9.78. The van der Waals surface area contributed by atoms with Gasteiger partial charge in [0.05, 0.1) is 17.8 Å². The third kappa shape index (κ3) is 1.59. The molecule has 0 saturated carbocycles. The number of fused-ring (bicyclic) bond motifs is 1. The molecule has 3 heterocycles. The lowest BCUT2D eigenvalue weighted by molar-refractivity contribution is 0.0966. The van der Waals surface area contributed by atoms with Gasteiger partial charge in [0.15, 0.2) is 0 Å². The lowest BCUT2D eigenvalue weighted by Gasteiger charge is -2.22. The minimum absolute atomic E-state index is 0.0133. The Morgan fingerprint density at radius 2 is 2.06 bits per heavy atom. The molecule has 0 radical (unpaired) electrons. The molecule has 84 valence electrons. The van der Waals surface area contributed by atoms with Crippen molar-refractivity contribution in [1.29, 1.82) is 0 Å². The molecule has 1 aromatic heterocycles. The van der Waals surface area contributed by atoms with Crippen LogP contribution in [0, 0.1) is 0 Å². The highest BCUT2D eigenvalue weighted by Crippen LogP contribution is 2.25. The highest BCUT2D eigenvalue weighted by Gasteiger charge is 2.23. The van der Waals surface area contributed by atoms with Crippen molar-refractivity contribution < 1.29 is 4.79 Å². The Labute approximate surface area is 94.5 Å². The number of carbonyl (C=O) groups excluding carboxylic acids is 1. The molecular weight excluding hydrogens is 202 g/mol. The SMILES string of the molecule is O=C1NCc2nc(C3CCNCC3)ccc21. The minimum Gasteiger partial charge on any atom is -0.346 e. The minimum atomic E-state index is 0.0133. The molecular formula is C12H15N3O. The van der Waals surface area contributed by atoms with Gasteiger partial charge in [-0.3, -0.25) is 9.78 Å². The number of aromatic nitrogens is 1. The van der Waals surface area contributed by atoms with Crippen LogP contribution >= 0.6 is 0 Å². The summed E-state index contributed by atoms with van der Waals surface area (Å²) in [5.74, 6) is 0.571. The Bertz CT molecular complexity index is 424. The number of carbonyl (C=O) groups is 1. The molecule has 2 N–H and O–H groups in total. The molecule has 2 aliphatic heterocycles. The van der Waals surface area contributed by atoms with Crippen LogP contribution in [-0.4, -0.2) is 24.0 Å². The fourth-order valence-electron chi connectivity index (χ4n) is 2.46. The summed E-state index contributed by atoms with van der Waals surface area (Å²) in [6, 6.07) is 3.93. The van der Waals surface area contributed by atoms with Crippen LogP contribution in [0.15, 0.2) is 12.1 Å². The highest BCUT2D eigenvalue weighted by molar-refractivity contribution is 5.97. The molecule has 1 saturated heterocycles. The van der Waals surface area contributed by atoms with E-state index in [4.69, 9.17) is 0 Å². The fraction of sp³-hybridized carbons (Fsp3) is 0.500. The number of nitrogens with one attached hydrogen (secondary N) is 2. The van der Waals surface area contributed by atoms with E-state index in [9.17, 15) is 4.79 Å². The smallest absolute Gasteiger partial charge is 0.253 e. The third-order valence-electron chi connectivity index (χ3n) is 3.41. The fourth-order valence-corrected chi connectivity index (χ4v) is 2.46. The van der Waals surface area contributed by atoms with Gasteiger partial charge in [-0.2, -0.15) is 0 Å². The van der Waals surface area contributed by atoms with Crippen LogP contribution in [0.2, 0.25) is 0 Å². The Morgan fingerprint density at radius 3 is 2.88 bits per heavy atom. The molecule has 3 rings (SSSR count). The van der Waals surface area contributed by atoms with E-state index in [1.165, 1.54) is 0 Å². The summed E-state index contributed by atoms with van der Waals surface area (Å²) in [6.45, 7) is 2.73. The summed E-state index contributed by atoms with van der Waals surface area (Å²) in [6.07, 6.45) is 2.29. The Hall–Kier alpha value is -1.42. The van der Waals surface area contributed by atoms with Crippen molar-refractivity contribution in [2.75, 3.05) is 13.1 Å². The van der Waals surface area contributed by atoms with Crippen molar-refractivity contribution in [3.05, 3.63) is 29.1 Å². The number of pyridine rings is 1. The van der Waals surface area contributed by atoms with Gasteiger partial charge in [0.25, 0.3) is 5.91 Å². The summed E-state index contributed by atoms with van der Waals surface area (Å²) < 4.78 is 0. The van der Waals surface area contributed by atoms with Gasteiger partial charge < -0.3 is 10.6 Å². The van der Waals surface area contributed by atoms with Gasteiger partial charge in [-0.15, -0.1) is 0 Å². The molecule has 4 nitrogen and oxygen atoms in total. The van der Waals surface area contributed by atoms with Crippen LogP contribution in [0.25, 0.3) is 0 Å². The molecule has 0 aromatic carbocycles. The van der Waals surface area contributed by atoms with E-state index in [0.717, 1.165) is 42.9 Å². The van der Waals surface area contributed by atoms with Gasteiger partial charge in [-0.1, -0.05) is 0 Å². The Morgan fingerprint density at radius 1 is 1.25 bits per heavy atom. The molecule has 1 amide bonds. The lowest BCUT2D eigenvalue weighted by Crippen LogP contribution is -2.27. The van der Waals surface area contributed by atoms with Crippen LogP contribution in [0.4, 0.5) is 0 Å². The normalized spacial score (nSPS) is 20.6. The van der Waals surface area contributed by atoms with Crippen LogP contribution in [-0.2, 0) is 6.54 Å². The standard InChI is InChI=1S/C12H15N3O/c16-12-9-1-2-10(15-11(9)7-14-12)8-3-5-13-6-4-8/h1-2,8,13H,3-7H2,(H,14,16). The second kappa shape index (κ2) is 3.87. The Kier molecular flexibility index (Phi) is 2.36. The maximum atomic E-state index is 11.4. The van der Waals surface area contributed by atoms with Gasteiger partial charge in [0.2, 0.25) is 0 Å². The summed E-state index contributed by atoms with van der Waals surface area (Å²) in [5.41, 5.74) is 2.82. The second-order valence-corrected chi connectivity index (χ2v) is 4.44. The molecule has 0 spiro atoms. The van der Waals surface area contributed by atoms with Crippen LogP contribution in [0.5, 0.6) is 0 Å². The summed E-state index contributed by atoms with van der Waals surface area (Å²) >= 11 is 0. The summed E-state index contributed by atoms with van der Waals surface area (Å²) in [4.78, 5) is 16.0. The number of hydrogen-bond acceptors (Lipinski definition) is 3. The first-order chi connectivity index (χ1) is 7.84. The van der Waals surface area contributed by atoms with Crippen molar-refractivity contribution in [3.63, 3.8) is 0 Å². The first-order valence-electron chi connectivity index (χ1n) is 5.83.